The van der Waals surface area contributed by atoms with Gasteiger partial charge in [0.15, 0.2) is 0 Å². The van der Waals surface area contributed by atoms with Crippen LogP contribution in [0.2, 0.25) is 0 Å². The van der Waals surface area contributed by atoms with Crippen LogP contribution >= 0.6 is 0 Å². The lowest BCUT2D eigenvalue weighted by molar-refractivity contribution is -0.265. The van der Waals surface area contributed by atoms with Gasteiger partial charge in [-0.05, 0) is 92.4 Å². The van der Waals surface area contributed by atoms with E-state index >= 15 is 0 Å². The number of hydroxylamine groups is 2. The first-order valence-corrected chi connectivity index (χ1v) is 24.2. The van der Waals surface area contributed by atoms with Gasteiger partial charge in [0, 0.05) is 19.6 Å². The van der Waals surface area contributed by atoms with Crippen LogP contribution in [0.1, 0.15) is 267 Å². The first-order chi connectivity index (χ1) is 25.9. The lowest BCUT2D eigenvalue weighted by Crippen LogP contribution is -2.58. The number of hydrogen-bond donors (Lipinski definition) is 0. The van der Waals surface area contributed by atoms with Crippen molar-refractivity contribution in [1.82, 2.24) is 5.06 Å². The second kappa shape index (κ2) is 32.3. The molecule has 54 heavy (non-hydrogen) atoms. The van der Waals surface area contributed by atoms with Crippen LogP contribution in [-0.2, 0) is 19.1 Å². The van der Waals surface area contributed by atoms with Crippen LogP contribution in [-0.4, -0.2) is 47.5 Å². The molecule has 0 aromatic heterocycles. The molecule has 0 aromatic rings. The van der Waals surface area contributed by atoms with Crippen molar-refractivity contribution in [2.75, 3.05) is 19.8 Å². The molecular formula is C49H97NO4. The molecule has 5 nitrogen and oxygen atoms in total. The monoisotopic (exact) mass is 764 g/mol. The zero-order chi connectivity index (χ0) is 39.8. The maximum Gasteiger partial charge on any atom is 0.325 e. The maximum absolute atomic E-state index is 12.6. The van der Waals surface area contributed by atoms with Gasteiger partial charge in [0.1, 0.15) is 0 Å². The molecule has 0 aromatic carbocycles. The summed E-state index contributed by atoms with van der Waals surface area (Å²) in [7, 11) is 0. The molecule has 0 spiro atoms. The van der Waals surface area contributed by atoms with Crippen molar-refractivity contribution in [3.63, 3.8) is 0 Å². The van der Waals surface area contributed by atoms with Gasteiger partial charge in [0.25, 0.3) is 0 Å². The summed E-state index contributed by atoms with van der Waals surface area (Å²) in [4.78, 5) is 18.5. The molecule has 1 heterocycles. The van der Waals surface area contributed by atoms with Crippen LogP contribution in [0.25, 0.3) is 0 Å². The van der Waals surface area contributed by atoms with Crippen molar-refractivity contribution >= 4 is 5.97 Å². The number of carbonyl (C=O) groups excluding carboxylic acids is 1. The fraction of sp³-hybridized carbons (Fsp3) is 0.980. The Kier molecular flexibility index (Phi) is 30.7. The Labute approximate surface area is 338 Å². The van der Waals surface area contributed by atoms with Crippen molar-refractivity contribution in [2.24, 2.45) is 5.92 Å². The highest BCUT2D eigenvalue weighted by molar-refractivity contribution is 5.69. The molecule has 1 saturated heterocycles. The third-order valence-electron chi connectivity index (χ3n) is 12.2. The molecular weight excluding hydrogens is 667 g/mol. The Hall–Kier alpha value is -0.650. The van der Waals surface area contributed by atoms with Gasteiger partial charge in [-0.1, -0.05) is 174 Å². The van der Waals surface area contributed by atoms with Crippen LogP contribution in [0.15, 0.2) is 0 Å². The minimum absolute atomic E-state index is 0.0562. The van der Waals surface area contributed by atoms with Crippen LogP contribution in [0.4, 0.5) is 0 Å². The molecule has 322 valence electrons. The predicted octanol–water partition coefficient (Wildman–Crippen LogP) is 15.7. The zero-order valence-electron chi connectivity index (χ0n) is 38.1. The second-order valence-corrected chi connectivity index (χ2v) is 19.4. The zero-order valence-corrected chi connectivity index (χ0v) is 38.1. The molecule has 1 rings (SSSR count). The Morgan fingerprint density at radius 1 is 0.556 bits per heavy atom. The first-order valence-electron chi connectivity index (χ1n) is 24.2. The smallest absolute Gasteiger partial charge is 0.325 e. The van der Waals surface area contributed by atoms with Gasteiger partial charge in [0.05, 0.1) is 23.3 Å². The van der Waals surface area contributed by atoms with Gasteiger partial charge in [0.2, 0.25) is 0 Å². The first kappa shape index (κ1) is 51.4. The van der Waals surface area contributed by atoms with Gasteiger partial charge < -0.3 is 14.3 Å². The highest BCUT2D eigenvalue weighted by Gasteiger charge is 2.44. The molecule has 1 atom stereocenters. The predicted molar refractivity (Wildman–Crippen MR) is 234 cm³/mol. The molecule has 5 heteroatoms. The van der Waals surface area contributed by atoms with E-state index in [1.54, 1.807) is 0 Å². The molecule has 1 aliphatic heterocycles. The molecule has 0 aliphatic carbocycles. The standard InChI is InChI=1S/C49H97NO4/c1-9-11-13-14-15-16-17-18-19-20-21-22-23-27-30-33-43-53-49(7,8)44-52-42-34-38-45(36-12-10-2)37-31-28-25-24-26-29-32-39-46(51)54-50-47(3,4)40-35-41-48(50,5)6/h45H,9-44H2,1-8H3. The topological polar surface area (TPSA) is 48.0 Å². The molecule has 1 fully saturated rings. The number of unbranched alkanes of at least 4 members (excludes halogenated alkanes) is 22. The van der Waals surface area contributed by atoms with E-state index in [1.807, 2.05) is 5.06 Å². The minimum Gasteiger partial charge on any atom is -0.378 e. The van der Waals surface area contributed by atoms with E-state index in [0.29, 0.717) is 13.0 Å². The van der Waals surface area contributed by atoms with Gasteiger partial charge in [-0.25, -0.2) is 0 Å². The molecule has 0 bridgehead atoms. The highest BCUT2D eigenvalue weighted by Crippen LogP contribution is 2.38. The van der Waals surface area contributed by atoms with Crippen LogP contribution < -0.4 is 0 Å². The van der Waals surface area contributed by atoms with Gasteiger partial charge in [-0.3, -0.25) is 4.79 Å². The molecule has 0 N–H and O–H groups in total. The van der Waals surface area contributed by atoms with Crippen molar-refractivity contribution in [3.05, 3.63) is 0 Å². The third-order valence-corrected chi connectivity index (χ3v) is 12.2. The lowest BCUT2D eigenvalue weighted by atomic mass is 9.82. The Morgan fingerprint density at radius 3 is 1.50 bits per heavy atom. The maximum atomic E-state index is 12.6. The van der Waals surface area contributed by atoms with Crippen molar-refractivity contribution in [2.45, 2.75) is 284 Å². The lowest BCUT2D eigenvalue weighted by Gasteiger charge is -2.50. The Bertz CT molecular complexity index is 839. The van der Waals surface area contributed by atoms with E-state index in [9.17, 15) is 4.79 Å². The van der Waals surface area contributed by atoms with E-state index in [0.717, 1.165) is 44.8 Å². The minimum atomic E-state index is -0.193. The summed E-state index contributed by atoms with van der Waals surface area (Å²) in [6, 6.07) is 0. The summed E-state index contributed by atoms with van der Waals surface area (Å²) in [5, 5.41) is 1.99. The van der Waals surface area contributed by atoms with Crippen molar-refractivity contribution in [3.8, 4) is 0 Å². The molecule has 0 saturated carbocycles. The van der Waals surface area contributed by atoms with Crippen LogP contribution in [0.5, 0.6) is 0 Å². The third kappa shape index (κ3) is 27.9. The summed E-state index contributed by atoms with van der Waals surface area (Å²) in [6.45, 7) is 20.2. The summed E-state index contributed by atoms with van der Waals surface area (Å²) < 4.78 is 12.4. The van der Waals surface area contributed by atoms with Gasteiger partial charge in [-0.2, -0.15) is 0 Å². The van der Waals surface area contributed by atoms with Gasteiger partial charge in [-0.15, -0.1) is 5.06 Å². The average molecular weight is 764 g/mol. The fourth-order valence-electron chi connectivity index (χ4n) is 8.71. The number of hydrogen-bond acceptors (Lipinski definition) is 5. The summed E-state index contributed by atoms with van der Waals surface area (Å²) in [5.74, 6) is 0.785. The van der Waals surface area contributed by atoms with Crippen molar-refractivity contribution < 1.29 is 19.1 Å². The van der Waals surface area contributed by atoms with Crippen LogP contribution in [0, 0.1) is 5.92 Å². The molecule has 0 amide bonds. The van der Waals surface area contributed by atoms with E-state index in [-0.39, 0.29) is 22.6 Å². The highest BCUT2D eigenvalue weighted by atomic mass is 16.7. The van der Waals surface area contributed by atoms with E-state index < -0.39 is 0 Å². The van der Waals surface area contributed by atoms with Crippen LogP contribution in [0.3, 0.4) is 0 Å². The molecule has 1 unspecified atom stereocenters. The second-order valence-electron chi connectivity index (χ2n) is 19.4. The average Bonchev–Trinajstić information content (AvgIpc) is 3.12. The molecule has 0 radical (unpaired) electrons. The SMILES string of the molecule is CCCCCCCCCCCCCCCCCCOC(C)(C)COCCCC(CCCC)CCCCCCCCCC(=O)ON1C(C)(C)CCCC1(C)C. The van der Waals surface area contributed by atoms with E-state index in [1.165, 1.54) is 180 Å². The number of piperidine rings is 1. The fourth-order valence-corrected chi connectivity index (χ4v) is 8.71. The summed E-state index contributed by atoms with van der Waals surface area (Å²) >= 11 is 0. The normalized spacial score (nSPS) is 16.5. The number of rotatable bonds is 38. The number of nitrogens with zero attached hydrogens (tertiary/aromatic N) is 1. The Balaban J connectivity index is 2.00. The largest absolute Gasteiger partial charge is 0.378 e. The number of carbonyl (C=O) groups is 1. The van der Waals surface area contributed by atoms with Crippen molar-refractivity contribution in [1.29, 1.82) is 0 Å². The quantitative estimate of drug-likeness (QED) is 0.0586. The van der Waals surface area contributed by atoms with E-state index in [4.69, 9.17) is 14.3 Å². The van der Waals surface area contributed by atoms with E-state index in [2.05, 4.69) is 55.4 Å². The van der Waals surface area contributed by atoms with Gasteiger partial charge >= 0.3 is 5.97 Å². The molecule has 1 aliphatic rings. The summed E-state index contributed by atoms with van der Waals surface area (Å²) in [5.41, 5.74) is -0.363. The number of ether oxygens (including phenoxy) is 2. The Morgan fingerprint density at radius 2 is 0.981 bits per heavy atom. The summed E-state index contributed by atoms with van der Waals surface area (Å²) in [6.07, 6.45) is 42.7.